The number of ether oxygens (including phenoxy) is 2. The third-order valence-corrected chi connectivity index (χ3v) is 4.69. The van der Waals surface area contributed by atoms with Crippen molar-refractivity contribution in [2.24, 2.45) is 0 Å². The van der Waals surface area contributed by atoms with Crippen molar-refractivity contribution in [1.29, 1.82) is 0 Å². The summed E-state index contributed by atoms with van der Waals surface area (Å²) in [5.41, 5.74) is -0.449. The Morgan fingerprint density at radius 3 is 2.72 bits per heavy atom. The second kappa shape index (κ2) is 6.42. The highest BCUT2D eigenvalue weighted by atomic mass is 19.3. The molecule has 0 saturated carbocycles. The number of carbonyl (C=O) groups excluding carboxylic acids is 1. The number of carbonyl (C=O) groups is 1. The summed E-state index contributed by atoms with van der Waals surface area (Å²) in [6.45, 7) is 1.86. The Hall–Kier alpha value is -1.93. The molecule has 0 radical (unpaired) electrons. The number of hydrogen-bond donors (Lipinski definition) is 1. The lowest BCUT2D eigenvalue weighted by Gasteiger charge is -2.48. The molecule has 25 heavy (non-hydrogen) atoms. The molecule has 1 N–H and O–H groups in total. The fourth-order valence-corrected chi connectivity index (χ4v) is 3.36. The molecule has 1 aromatic rings. The van der Waals surface area contributed by atoms with E-state index in [0.29, 0.717) is 24.4 Å². The lowest BCUT2D eigenvalue weighted by molar-refractivity contribution is -0.149. The molecular weight excluding hydrogens is 334 g/mol. The molecule has 8 heteroatoms. The second-order valence-corrected chi connectivity index (χ2v) is 7.00. The quantitative estimate of drug-likeness (QED) is 0.892. The predicted molar refractivity (Wildman–Crippen MR) is 85.7 cm³/mol. The van der Waals surface area contributed by atoms with Crippen LogP contribution in [-0.2, 0) is 4.79 Å². The number of likely N-dealkylation sites (N-methyl/N-ethyl adjacent to an activating group) is 1. The first kappa shape index (κ1) is 17.9. The van der Waals surface area contributed by atoms with E-state index in [1.54, 1.807) is 18.7 Å². The van der Waals surface area contributed by atoms with Crippen LogP contribution in [0.2, 0.25) is 0 Å². The number of alkyl halides is 2. The number of rotatable bonds is 3. The van der Waals surface area contributed by atoms with Gasteiger partial charge in [-0.3, -0.25) is 9.69 Å². The van der Waals surface area contributed by atoms with Gasteiger partial charge < -0.3 is 19.5 Å². The van der Waals surface area contributed by atoms with Crippen LogP contribution >= 0.6 is 0 Å². The molecule has 0 aromatic heterocycles. The van der Waals surface area contributed by atoms with Crippen LogP contribution in [-0.4, -0.2) is 65.8 Å². The third-order valence-electron chi connectivity index (χ3n) is 4.69. The summed E-state index contributed by atoms with van der Waals surface area (Å²) in [6, 6.07) is 3.66. The largest absolute Gasteiger partial charge is 0.485 e. The van der Waals surface area contributed by atoms with Crippen molar-refractivity contribution < 1.29 is 28.2 Å². The fraction of sp³-hybridized carbons (Fsp3) is 0.588. The number of fused-ring (bicyclic) bond motifs is 1. The highest BCUT2D eigenvalue weighted by Crippen LogP contribution is 2.44. The lowest BCUT2D eigenvalue weighted by atomic mass is 9.85. The molecule has 0 bridgehead atoms. The van der Waals surface area contributed by atoms with Gasteiger partial charge in [-0.2, -0.15) is 8.78 Å². The van der Waals surface area contributed by atoms with Crippen molar-refractivity contribution in [3.05, 3.63) is 23.8 Å². The monoisotopic (exact) mass is 356 g/mol. The Labute approximate surface area is 144 Å². The van der Waals surface area contributed by atoms with Gasteiger partial charge in [0.25, 0.3) is 0 Å². The van der Waals surface area contributed by atoms with E-state index in [0.717, 1.165) is 0 Å². The maximum atomic E-state index is 12.5. The summed E-state index contributed by atoms with van der Waals surface area (Å²) in [5.74, 6) is 0.297. The summed E-state index contributed by atoms with van der Waals surface area (Å²) >= 11 is 0. The molecule has 1 fully saturated rings. The van der Waals surface area contributed by atoms with Crippen LogP contribution in [0, 0.1) is 0 Å². The number of amides is 1. The molecule has 1 aromatic carbocycles. The van der Waals surface area contributed by atoms with Crippen LogP contribution in [0.3, 0.4) is 0 Å². The summed E-state index contributed by atoms with van der Waals surface area (Å²) in [5, 5.41) is 10.8. The lowest BCUT2D eigenvalue weighted by Crippen LogP contribution is -2.58. The third kappa shape index (κ3) is 3.41. The van der Waals surface area contributed by atoms with Crippen LogP contribution in [0.4, 0.5) is 8.78 Å². The number of aliphatic hydroxyl groups excluding tert-OH is 1. The smallest absolute Gasteiger partial charge is 0.387 e. The number of halogens is 2. The van der Waals surface area contributed by atoms with Crippen molar-refractivity contribution in [2.45, 2.75) is 38.2 Å². The van der Waals surface area contributed by atoms with E-state index in [1.807, 2.05) is 11.9 Å². The molecule has 0 aliphatic carbocycles. The number of nitrogens with zero attached hydrogens (tertiary/aromatic N) is 2. The van der Waals surface area contributed by atoms with Crippen molar-refractivity contribution in [3.8, 4) is 11.5 Å². The standard InChI is InChI=1S/C17H22F2N2O4/c1-17(2)15(23)14(21-7-6-20(3)9-13(21)22)11-8-10(24-16(18)19)4-5-12(11)25-17/h4-5,8,14-16,23H,6-7,9H2,1-3H3/t14-,15+/m1/s1. The minimum absolute atomic E-state index is 0.0316. The molecule has 138 valence electrons. The molecule has 2 aliphatic heterocycles. The van der Waals surface area contributed by atoms with E-state index < -0.39 is 24.4 Å². The molecule has 6 nitrogen and oxygen atoms in total. The minimum atomic E-state index is -2.95. The summed E-state index contributed by atoms with van der Waals surface area (Å²) in [4.78, 5) is 16.0. The van der Waals surface area contributed by atoms with Crippen LogP contribution in [0.25, 0.3) is 0 Å². The number of hydrogen-bond acceptors (Lipinski definition) is 5. The molecule has 2 atom stereocenters. The topological polar surface area (TPSA) is 62.2 Å². The normalized spacial score (nSPS) is 26.4. The first-order valence-corrected chi connectivity index (χ1v) is 8.13. The van der Waals surface area contributed by atoms with Gasteiger partial charge in [0.1, 0.15) is 23.2 Å². The average Bonchev–Trinajstić information content (AvgIpc) is 2.50. The Morgan fingerprint density at radius 1 is 1.36 bits per heavy atom. The van der Waals surface area contributed by atoms with Gasteiger partial charge in [-0.1, -0.05) is 0 Å². The average molecular weight is 356 g/mol. The summed E-state index contributed by atoms with van der Waals surface area (Å²) < 4.78 is 35.4. The van der Waals surface area contributed by atoms with Gasteiger partial charge in [0.05, 0.1) is 12.6 Å². The van der Waals surface area contributed by atoms with Crippen molar-refractivity contribution in [2.75, 3.05) is 26.7 Å². The van der Waals surface area contributed by atoms with Crippen molar-refractivity contribution in [1.82, 2.24) is 9.80 Å². The van der Waals surface area contributed by atoms with Gasteiger partial charge in [0.15, 0.2) is 0 Å². The molecule has 1 saturated heterocycles. The number of benzene rings is 1. The summed E-state index contributed by atoms with van der Waals surface area (Å²) in [6.07, 6.45) is -1.01. The zero-order valence-corrected chi connectivity index (χ0v) is 14.4. The van der Waals surface area contributed by atoms with Crippen molar-refractivity contribution >= 4 is 5.91 Å². The van der Waals surface area contributed by atoms with Crippen molar-refractivity contribution in [3.63, 3.8) is 0 Å². The Bertz CT molecular complexity index is 668. The maximum Gasteiger partial charge on any atom is 0.387 e. The molecule has 2 heterocycles. The Kier molecular flexibility index (Phi) is 4.59. The van der Waals surface area contributed by atoms with E-state index in [4.69, 9.17) is 4.74 Å². The van der Waals surface area contributed by atoms with E-state index in [1.165, 1.54) is 18.2 Å². The van der Waals surface area contributed by atoms with E-state index in [9.17, 15) is 18.7 Å². The van der Waals surface area contributed by atoms with Crippen LogP contribution in [0.15, 0.2) is 18.2 Å². The highest BCUT2D eigenvalue weighted by Gasteiger charge is 2.47. The van der Waals surface area contributed by atoms with E-state index >= 15 is 0 Å². The molecule has 0 spiro atoms. The van der Waals surface area contributed by atoms with Gasteiger partial charge in [-0.25, -0.2) is 0 Å². The zero-order chi connectivity index (χ0) is 18.4. The van der Waals surface area contributed by atoms with E-state index in [-0.39, 0.29) is 18.2 Å². The SMILES string of the molecule is CN1CCN([C@@H]2c3cc(OC(F)F)ccc3OC(C)(C)[C@H]2O)C(=O)C1. The fourth-order valence-electron chi connectivity index (χ4n) is 3.36. The number of piperazine rings is 1. The van der Waals surface area contributed by atoms with E-state index in [2.05, 4.69) is 4.74 Å². The molecule has 0 unspecified atom stereocenters. The first-order chi connectivity index (χ1) is 11.7. The van der Waals surface area contributed by atoms with Crippen LogP contribution in [0.1, 0.15) is 25.5 Å². The van der Waals surface area contributed by atoms with Gasteiger partial charge in [-0.05, 0) is 39.1 Å². The Balaban J connectivity index is 2.02. The van der Waals surface area contributed by atoms with Crippen LogP contribution in [0.5, 0.6) is 11.5 Å². The van der Waals surface area contributed by atoms with Crippen LogP contribution < -0.4 is 9.47 Å². The Morgan fingerprint density at radius 2 is 2.08 bits per heavy atom. The van der Waals surface area contributed by atoms with Gasteiger partial charge in [0.2, 0.25) is 5.91 Å². The van der Waals surface area contributed by atoms with Gasteiger partial charge in [-0.15, -0.1) is 0 Å². The zero-order valence-electron chi connectivity index (χ0n) is 14.4. The molecular formula is C17H22F2N2O4. The molecule has 2 aliphatic rings. The van der Waals surface area contributed by atoms with Gasteiger partial charge >= 0.3 is 6.61 Å². The second-order valence-electron chi connectivity index (χ2n) is 7.00. The maximum absolute atomic E-state index is 12.5. The number of aliphatic hydroxyl groups is 1. The minimum Gasteiger partial charge on any atom is -0.485 e. The molecule has 3 rings (SSSR count). The summed E-state index contributed by atoms with van der Waals surface area (Å²) in [7, 11) is 1.85. The highest BCUT2D eigenvalue weighted by molar-refractivity contribution is 5.80. The van der Waals surface area contributed by atoms with Gasteiger partial charge in [0, 0.05) is 18.7 Å². The molecule has 1 amide bonds. The first-order valence-electron chi connectivity index (χ1n) is 8.13. The predicted octanol–water partition coefficient (Wildman–Crippen LogP) is 1.64.